The van der Waals surface area contributed by atoms with Gasteiger partial charge >= 0.3 is 0 Å². The third-order valence-corrected chi connectivity index (χ3v) is 6.40. The average Bonchev–Trinajstić information content (AvgIpc) is 3.28. The molecular formula is C25H16ClN5O2S. The summed E-state index contributed by atoms with van der Waals surface area (Å²) in [7, 11) is 0. The number of hydrogen-bond acceptors (Lipinski definition) is 6. The van der Waals surface area contributed by atoms with E-state index >= 15 is 0 Å². The number of thioether (sulfide) groups is 1. The lowest BCUT2D eigenvalue weighted by atomic mass is 10.2. The Morgan fingerprint density at radius 2 is 1.74 bits per heavy atom. The van der Waals surface area contributed by atoms with Crippen molar-refractivity contribution in [1.29, 1.82) is 5.26 Å². The Kier molecular flexibility index (Phi) is 5.80. The second-order valence-corrected chi connectivity index (χ2v) is 8.73. The van der Waals surface area contributed by atoms with Crippen molar-refractivity contribution in [2.24, 2.45) is 0 Å². The molecule has 5 rings (SSSR count). The first-order valence-electron chi connectivity index (χ1n) is 10.2. The molecule has 0 radical (unpaired) electrons. The predicted octanol–water partition coefficient (Wildman–Crippen LogP) is 5.50. The Hall–Kier alpha value is -4.06. The van der Waals surface area contributed by atoms with Crippen LogP contribution in [0.25, 0.3) is 33.2 Å². The summed E-state index contributed by atoms with van der Waals surface area (Å²) in [6, 6.07) is 23.3. The minimum Gasteiger partial charge on any atom is -0.510 e. The molecule has 0 atom stereocenters. The zero-order chi connectivity index (χ0) is 23.7. The number of H-pyrrole nitrogens is 1. The Morgan fingerprint density at radius 1 is 1.03 bits per heavy atom. The Bertz CT molecular complexity index is 1630. The molecule has 5 aromatic rings. The van der Waals surface area contributed by atoms with Gasteiger partial charge in [0.2, 0.25) is 0 Å². The SMILES string of the molecule is N#C/C(=C(/O)CSc1nc2ccccc2c(=O)n1-c1ccc(Cl)cc1)c1nc2ccccc2[nH]1. The van der Waals surface area contributed by atoms with E-state index in [9.17, 15) is 15.2 Å². The van der Waals surface area contributed by atoms with E-state index in [4.69, 9.17) is 11.6 Å². The molecule has 0 aliphatic heterocycles. The fourth-order valence-corrected chi connectivity index (χ4v) is 4.57. The average molecular weight is 486 g/mol. The van der Waals surface area contributed by atoms with Crippen LogP contribution in [0.3, 0.4) is 0 Å². The molecule has 7 nitrogen and oxygen atoms in total. The number of benzene rings is 3. The predicted molar refractivity (Wildman–Crippen MR) is 134 cm³/mol. The number of fused-ring (bicyclic) bond motifs is 2. The summed E-state index contributed by atoms with van der Waals surface area (Å²) in [6.07, 6.45) is 0. The van der Waals surface area contributed by atoms with Crippen LogP contribution in [0.4, 0.5) is 0 Å². The number of aromatic amines is 1. The standard InChI is InChI=1S/C25H16ClN5O2S/c26-15-9-11-16(12-10-15)31-24(33)17-5-1-2-6-19(17)30-25(31)34-14-22(32)18(13-27)23-28-20-7-3-4-8-21(20)29-23/h1-12,32H,14H2,(H,28,29)/b22-18-. The lowest BCUT2D eigenvalue weighted by Crippen LogP contribution is -2.21. The largest absolute Gasteiger partial charge is 0.510 e. The van der Waals surface area contributed by atoms with Crippen LogP contribution in [0, 0.1) is 11.3 Å². The highest BCUT2D eigenvalue weighted by atomic mass is 35.5. The lowest BCUT2D eigenvalue weighted by molar-refractivity contribution is 0.420. The van der Waals surface area contributed by atoms with Crippen LogP contribution in [-0.2, 0) is 0 Å². The number of nitrogens with one attached hydrogen (secondary N) is 1. The van der Waals surface area contributed by atoms with Crippen LogP contribution < -0.4 is 5.56 Å². The number of allylic oxidation sites excluding steroid dienone is 1. The van der Waals surface area contributed by atoms with E-state index < -0.39 is 0 Å². The molecule has 0 bridgehead atoms. The van der Waals surface area contributed by atoms with Crippen LogP contribution in [0.5, 0.6) is 0 Å². The first-order chi connectivity index (χ1) is 16.5. The summed E-state index contributed by atoms with van der Waals surface area (Å²) in [6.45, 7) is 0. The summed E-state index contributed by atoms with van der Waals surface area (Å²) < 4.78 is 1.48. The van der Waals surface area contributed by atoms with Gasteiger partial charge in [0.15, 0.2) is 11.0 Å². The normalized spacial score (nSPS) is 12.0. The highest BCUT2D eigenvalue weighted by Gasteiger charge is 2.17. The van der Waals surface area contributed by atoms with Crippen molar-refractivity contribution in [3.05, 3.63) is 99.8 Å². The van der Waals surface area contributed by atoms with Gasteiger partial charge in [-0.05, 0) is 48.5 Å². The Morgan fingerprint density at radius 3 is 2.47 bits per heavy atom. The van der Waals surface area contributed by atoms with E-state index in [2.05, 4.69) is 15.0 Å². The molecule has 3 aromatic carbocycles. The first-order valence-corrected chi connectivity index (χ1v) is 11.6. The fourth-order valence-electron chi connectivity index (χ4n) is 3.56. The summed E-state index contributed by atoms with van der Waals surface area (Å²) in [5, 5.41) is 21.9. The zero-order valence-corrected chi connectivity index (χ0v) is 19.1. The molecule has 2 N–H and O–H groups in total. The molecule has 0 aliphatic carbocycles. The third kappa shape index (κ3) is 4.03. The highest BCUT2D eigenvalue weighted by Crippen LogP contribution is 2.26. The van der Waals surface area contributed by atoms with Crippen LogP contribution in [-0.4, -0.2) is 30.4 Å². The highest BCUT2D eigenvalue weighted by molar-refractivity contribution is 7.99. The number of halogens is 1. The number of aliphatic hydroxyl groups excluding tert-OH is 1. The van der Waals surface area contributed by atoms with Crippen molar-refractivity contribution in [2.75, 3.05) is 5.75 Å². The second kappa shape index (κ2) is 9.06. The quantitative estimate of drug-likeness (QED) is 0.147. The van der Waals surface area contributed by atoms with Crippen molar-refractivity contribution < 1.29 is 5.11 Å². The number of aliphatic hydroxyl groups is 1. The van der Waals surface area contributed by atoms with Crippen LogP contribution in [0.1, 0.15) is 5.82 Å². The zero-order valence-electron chi connectivity index (χ0n) is 17.6. The van der Waals surface area contributed by atoms with Crippen LogP contribution in [0.2, 0.25) is 5.02 Å². The van der Waals surface area contributed by atoms with Gasteiger partial charge in [-0.3, -0.25) is 9.36 Å². The molecule has 0 spiro atoms. The molecule has 34 heavy (non-hydrogen) atoms. The fraction of sp³-hybridized carbons (Fsp3) is 0.0400. The van der Waals surface area contributed by atoms with Gasteiger partial charge in [-0.2, -0.15) is 5.26 Å². The number of nitrogens with zero attached hydrogens (tertiary/aromatic N) is 4. The molecule has 0 unspecified atom stereocenters. The summed E-state index contributed by atoms with van der Waals surface area (Å²) in [4.78, 5) is 25.4. The second-order valence-electron chi connectivity index (χ2n) is 7.35. The van der Waals surface area contributed by atoms with E-state index in [1.165, 1.54) is 4.57 Å². The summed E-state index contributed by atoms with van der Waals surface area (Å²) in [5.41, 5.74) is 2.39. The van der Waals surface area contributed by atoms with Crippen molar-refractivity contribution in [3.8, 4) is 11.8 Å². The maximum absolute atomic E-state index is 13.3. The number of imidazole rings is 1. The molecule has 0 fully saturated rings. The molecule has 0 saturated heterocycles. The van der Waals surface area contributed by atoms with E-state index in [0.29, 0.717) is 32.3 Å². The topological polar surface area (TPSA) is 108 Å². The molecule has 2 aromatic heterocycles. The smallest absolute Gasteiger partial charge is 0.266 e. The van der Waals surface area contributed by atoms with Crippen LogP contribution in [0.15, 0.2) is 88.5 Å². The Labute approximate surface area is 203 Å². The van der Waals surface area contributed by atoms with Gasteiger partial charge in [-0.15, -0.1) is 0 Å². The number of hydrogen-bond donors (Lipinski definition) is 2. The summed E-state index contributed by atoms with van der Waals surface area (Å²) in [5.74, 6) is 0.123. The number of nitriles is 1. The Balaban J connectivity index is 1.56. The molecular weight excluding hydrogens is 470 g/mol. The monoisotopic (exact) mass is 485 g/mol. The van der Waals surface area contributed by atoms with Crippen LogP contribution >= 0.6 is 23.4 Å². The van der Waals surface area contributed by atoms with Gasteiger partial charge in [0.05, 0.1) is 33.4 Å². The third-order valence-electron chi connectivity index (χ3n) is 5.19. The number of aromatic nitrogens is 4. The van der Waals surface area contributed by atoms with Crippen molar-refractivity contribution in [1.82, 2.24) is 19.5 Å². The van der Waals surface area contributed by atoms with Gasteiger partial charge in [-0.25, -0.2) is 9.97 Å². The number of rotatable bonds is 5. The lowest BCUT2D eigenvalue weighted by Gasteiger charge is -2.13. The van der Waals surface area contributed by atoms with Crippen molar-refractivity contribution >= 4 is 50.9 Å². The molecule has 0 aliphatic rings. The maximum Gasteiger partial charge on any atom is 0.266 e. The van der Waals surface area contributed by atoms with E-state index in [1.54, 1.807) is 42.5 Å². The number of para-hydroxylation sites is 3. The minimum absolute atomic E-state index is 0.0122. The van der Waals surface area contributed by atoms with Gasteiger partial charge in [-0.1, -0.05) is 47.6 Å². The molecule has 2 heterocycles. The van der Waals surface area contributed by atoms with Gasteiger partial charge < -0.3 is 10.1 Å². The van der Waals surface area contributed by atoms with Gasteiger partial charge in [0.1, 0.15) is 17.4 Å². The molecule has 9 heteroatoms. The van der Waals surface area contributed by atoms with E-state index in [0.717, 1.165) is 17.3 Å². The maximum atomic E-state index is 13.3. The van der Waals surface area contributed by atoms with Gasteiger partial charge in [0.25, 0.3) is 5.56 Å². The van der Waals surface area contributed by atoms with E-state index in [-0.39, 0.29) is 28.5 Å². The summed E-state index contributed by atoms with van der Waals surface area (Å²) >= 11 is 7.17. The van der Waals surface area contributed by atoms with Crippen molar-refractivity contribution in [2.45, 2.75) is 5.16 Å². The minimum atomic E-state index is -0.239. The molecule has 0 saturated carbocycles. The molecule has 166 valence electrons. The first kappa shape index (κ1) is 21.8. The van der Waals surface area contributed by atoms with Crippen molar-refractivity contribution in [3.63, 3.8) is 0 Å². The van der Waals surface area contributed by atoms with Gasteiger partial charge in [0, 0.05) is 5.02 Å². The molecule has 0 amide bonds. The van der Waals surface area contributed by atoms with E-state index in [1.807, 2.05) is 36.4 Å².